The summed E-state index contributed by atoms with van der Waals surface area (Å²) in [5.41, 5.74) is 5.53. The minimum atomic E-state index is -0.551. The average Bonchev–Trinajstić information content (AvgIpc) is 2.17. The van der Waals surface area contributed by atoms with Crippen molar-refractivity contribution in [3.8, 4) is 0 Å². The molecule has 1 rings (SSSR count). The van der Waals surface area contributed by atoms with Crippen molar-refractivity contribution in [1.29, 1.82) is 0 Å². The van der Waals surface area contributed by atoms with Gasteiger partial charge in [0.25, 0.3) is 0 Å². The van der Waals surface area contributed by atoms with E-state index in [4.69, 9.17) is 17.3 Å². The fourth-order valence-electron chi connectivity index (χ4n) is 1.10. The summed E-state index contributed by atoms with van der Waals surface area (Å²) < 4.78 is 0. The van der Waals surface area contributed by atoms with Crippen LogP contribution in [0.25, 0.3) is 0 Å². The summed E-state index contributed by atoms with van der Waals surface area (Å²) in [6, 6.07) is 7.03. The lowest BCUT2D eigenvalue weighted by molar-refractivity contribution is 0.0848. The summed E-state index contributed by atoms with van der Waals surface area (Å²) >= 11 is 5.92. The number of hydrogen-bond donors (Lipinski definition) is 1. The van der Waals surface area contributed by atoms with Crippen LogP contribution >= 0.6 is 11.6 Å². The predicted octanol–water partition coefficient (Wildman–Crippen LogP) is 2.51. The Morgan fingerprint density at radius 2 is 2.00 bits per heavy atom. The van der Waals surface area contributed by atoms with Crippen molar-refractivity contribution in [2.24, 2.45) is 11.1 Å². The summed E-state index contributed by atoms with van der Waals surface area (Å²) in [5, 5.41) is 0.485. The highest BCUT2D eigenvalue weighted by atomic mass is 35.5. The second-order valence-electron chi connectivity index (χ2n) is 3.90. The molecule has 76 valence electrons. The summed E-state index contributed by atoms with van der Waals surface area (Å²) in [7, 11) is 0. The van der Waals surface area contributed by atoms with Crippen molar-refractivity contribution in [1.82, 2.24) is 0 Å². The number of ketones is 1. The van der Waals surface area contributed by atoms with E-state index in [0.29, 0.717) is 17.1 Å². The van der Waals surface area contributed by atoms with Crippen LogP contribution in [0, 0.1) is 5.41 Å². The molecule has 1 aromatic carbocycles. The minimum absolute atomic E-state index is 0.00870. The zero-order chi connectivity index (χ0) is 10.8. The molecule has 2 nitrogen and oxygen atoms in total. The van der Waals surface area contributed by atoms with E-state index >= 15 is 0 Å². The van der Waals surface area contributed by atoms with Crippen molar-refractivity contribution in [3.05, 3.63) is 34.9 Å². The number of benzene rings is 1. The van der Waals surface area contributed by atoms with E-state index in [0.717, 1.165) is 0 Å². The molecule has 0 bridgehead atoms. The number of carbonyl (C=O) groups is 1. The van der Waals surface area contributed by atoms with Crippen molar-refractivity contribution in [2.75, 3.05) is 6.54 Å². The molecule has 0 aliphatic rings. The molecule has 1 aromatic rings. The van der Waals surface area contributed by atoms with Gasteiger partial charge in [0.1, 0.15) is 0 Å². The first-order chi connectivity index (χ1) is 6.49. The lowest BCUT2D eigenvalue weighted by Gasteiger charge is -2.21. The Labute approximate surface area is 89.1 Å². The maximum absolute atomic E-state index is 12.0. The summed E-state index contributed by atoms with van der Waals surface area (Å²) in [5.74, 6) is -0.00870. The second kappa shape index (κ2) is 4.11. The van der Waals surface area contributed by atoms with Crippen LogP contribution in [0.15, 0.2) is 24.3 Å². The Balaban J connectivity index is 3.07. The van der Waals surface area contributed by atoms with Crippen molar-refractivity contribution < 1.29 is 4.79 Å². The molecular formula is C11H14ClNO. The van der Waals surface area contributed by atoms with Gasteiger partial charge in [-0.2, -0.15) is 0 Å². The van der Waals surface area contributed by atoms with E-state index in [-0.39, 0.29) is 5.78 Å². The highest BCUT2D eigenvalue weighted by molar-refractivity contribution is 6.34. The highest BCUT2D eigenvalue weighted by Gasteiger charge is 2.28. The maximum atomic E-state index is 12.0. The number of nitrogens with two attached hydrogens (primary N) is 1. The van der Waals surface area contributed by atoms with Crippen molar-refractivity contribution in [3.63, 3.8) is 0 Å². The van der Waals surface area contributed by atoms with Crippen LogP contribution in [0.5, 0.6) is 0 Å². The quantitative estimate of drug-likeness (QED) is 0.781. The van der Waals surface area contributed by atoms with E-state index in [2.05, 4.69) is 0 Å². The van der Waals surface area contributed by atoms with Gasteiger partial charge in [-0.15, -0.1) is 0 Å². The van der Waals surface area contributed by atoms with Crippen LogP contribution < -0.4 is 5.73 Å². The molecule has 0 fully saturated rings. The minimum Gasteiger partial charge on any atom is -0.329 e. The Morgan fingerprint density at radius 1 is 1.43 bits per heavy atom. The fourth-order valence-corrected chi connectivity index (χ4v) is 1.32. The van der Waals surface area contributed by atoms with Gasteiger partial charge in [0.15, 0.2) is 5.78 Å². The maximum Gasteiger partial charge on any atom is 0.171 e. The Morgan fingerprint density at radius 3 is 2.50 bits per heavy atom. The third-order valence-electron chi connectivity index (χ3n) is 2.24. The third kappa shape index (κ3) is 2.14. The lowest BCUT2D eigenvalue weighted by Crippen LogP contribution is -2.32. The largest absolute Gasteiger partial charge is 0.329 e. The van der Waals surface area contributed by atoms with Crippen molar-refractivity contribution >= 4 is 17.4 Å². The van der Waals surface area contributed by atoms with Crippen LogP contribution in [0.4, 0.5) is 0 Å². The molecule has 0 heterocycles. The van der Waals surface area contributed by atoms with Gasteiger partial charge in [-0.25, -0.2) is 0 Å². The van der Waals surface area contributed by atoms with Crippen LogP contribution in [0.2, 0.25) is 5.02 Å². The number of hydrogen-bond acceptors (Lipinski definition) is 2. The van der Waals surface area contributed by atoms with Crippen LogP contribution in [0.3, 0.4) is 0 Å². The van der Waals surface area contributed by atoms with Gasteiger partial charge >= 0.3 is 0 Å². The van der Waals surface area contributed by atoms with Gasteiger partial charge in [-0.05, 0) is 12.1 Å². The molecule has 2 N–H and O–H groups in total. The van der Waals surface area contributed by atoms with E-state index in [9.17, 15) is 4.79 Å². The summed E-state index contributed by atoms with van der Waals surface area (Å²) in [6.45, 7) is 3.95. The smallest absolute Gasteiger partial charge is 0.171 e. The highest BCUT2D eigenvalue weighted by Crippen LogP contribution is 2.25. The molecule has 0 saturated carbocycles. The molecule has 0 atom stereocenters. The van der Waals surface area contributed by atoms with Crippen LogP contribution in [-0.4, -0.2) is 12.3 Å². The molecule has 0 unspecified atom stereocenters. The molecule has 0 amide bonds. The summed E-state index contributed by atoms with van der Waals surface area (Å²) in [6.07, 6.45) is 0. The topological polar surface area (TPSA) is 43.1 Å². The number of rotatable bonds is 3. The Hall–Kier alpha value is -0.860. The molecule has 0 aromatic heterocycles. The van der Waals surface area contributed by atoms with Gasteiger partial charge in [0, 0.05) is 17.5 Å². The zero-order valence-corrected chi connectivity index (χ0v) is 9.14. The number of carbonyl (C=O) groups excluding carboxylic acids is 1. The lowest BCUT2D eigenvalue weighted by atomic mass is 9.84. The fraction of sp³-hybridized carbons (Fsp3) is 0.364. The molecule has 0 radical (unpaired) electrons. The standard InChI is InChI=1S/C11H14ClNO/c1-11(2,7-13)10(14)8-5-3-4-6-9(8)12/h3-6H,7,13H2,1-2H3. The first kappa shape index (κ1) is 11.2. The molecule has 0 saturated heterocycles. The van der Waals surface area contributed by atoms with E-state index < -0.39 is 5.41 Å². The van der Waals surface area contributed by atoms with E-state index in [1.54, 1.807) is 24.3 Å². The SMILES string of the molecule is CC(C)(CN)C(=O)c1ccccc1Cl. The monoisotopic (exact) mass is 211 g/mol. The van der Waals surface area contributed by atoms with Gasteiger partial charge in [-0.1, -0.05) is 37.6 Å². The van der Waals surface area contributed by atoms with Crippen molar-refractivity contribution in [2.45, 2.75) is 13.8 Å². The molecule has 0 aliphatic carbocycles. The van der Waals surface area contributed by atoms with Gasteiger partial charge in [0.05, 0.1) is 5.02 Å². The van der Waals surface area contributed by atoms with Gasteiger partial charge in [0.2, 0.25) is 0 Å². The molecule has 3 heteroatoms. The van der Waals surface area contributed by atoms with E-state index in [1.807, 2.05) is 13.8 Å². The molecule has 0 spiro atoms. The molecular weight excluding hydrogens is 198 g/mol. The number of Topliss-reactive ketones (excluding diaryl/α,β-unsaturated/α-hetero) is 1. The first-order valence-electron chi connectivity index (χ1n) is 4.48. The van der Waals surface area contributed by atoms with Gasteiger partial charge in [-0.3, -0.25) is 4.79 Å². The Kier molecular flexibility index (Phi) is 3.29. The Bertz CT molecular complexity index is 347. The normalized spacial score (nSPS) is 11.4. The summed E-state index contributed by atoms with van der Waals surface area (Å²) in [4.78, 5) is 12.0. The van der Waals surface area contributed by atoms with Crippen LogP contribution in [-0.2, 0) is 0 Å². The second-order valence-corrected chi connectivity index (χ2v) is 4.30. The molecule has 0 aliphatic heterocycles. The predicted molar refractivity (Wildman–Crippen MR) is 58.6 cm³/mol. The van der Waals surface area contributed by atoms with Crippen LogP contribution in [0.1, 0.15) is 24.2 Å². The van der Waals surface area contributed by atoms with E-state index in [1.165, 1.54) is 0 Å². The zero-order valence-electron chi connectivity index (χ0n) is 8.38. The molecule has 14 heavy (non-hydrogen) atoms. The van der Waals surface area contributed by atoms with Gasteiger partial charge < -0.3 is 5.73 Å². The third-order valence-corrected chi connectivity index (χ3v) is 2.57. The number of halogens is 1. The first-order valence-corrected chi connectivity index (χ1v) is 4.86. The average molecular weight is 212 g/mol.